The molecule has 1 saturated heterocycles. The van der Waals surface area contributed by atoms with Crippen LogP contribution >= 0.6 is 0 Å². The first-order valence-corrected chi connectivity index (χ1v) is 12.0. The molecule has 0 bridgehead atoms. The van der Waals surface area contributed by atoms with Crippen molar-refractivity contribution < 1.29 is 4.79 Å². The summed E-state index contributed by atoms with van der Waals surface area (Å²) in [5.74, 6) is 0.526. The number of aryl methyl sites for hydroxylation is 1. The standard InChI is InChI=1S/C28H27N5O/c1-2-33-27-24(18-30-33)22(16-26(31-27)20-8-4-3-5-9-20)28(34)32-14-12-19(13-15-32)23-17-29-25-11-7-6-10-21(23)25/h3-11,16-19,29H,2,12-15H2,1H3. The molecule has 1 amide bonds. The van der Waals surface area contributed by atoms with Gasteiger partial charge in [-0.25, -0.2) is 9.67 Å². The van der Waals surface area contributed by atoms with Crippen molar-refractivity contribution in [3.63, 3.8) is 0 Å². The highest BCUT2D eigenvalue weighted by Crippen LogP contribution is 2.34. The number of carbonyl (C=O) groups is 1. The fraction of sp³-hybridized carbons (Fsp3) is 0.250. The van der Waals surface area contributed by atoms with Crippen molar-refractivity contribution in [2.75, 3.05) is 13.1 Å². The van der Waals surface area contributed by atoms with Crippen LogP contribution in [0.3, 0.4) is 0 Å². The molecule has 0 atom stereocenters. The van der Waals surface area contributed by atoms with Gasteiger partial charge in [-0.15, -0.1) is 0 Å². The maximum Gasteiger partial charge on any atom is 0.254 e. The third-order valence-corrected chi connectivity index (χ3v) is 7.05. The largest absolute Gasteiger partial charge is 0.361 e. The van der Waals surface area contributed by atoms with E-state index in [4.69, 9.17) is 4.98 Å². The first-order valence-electron chi connectivity index (χ1n) is 12.0. The molecule has 1 aliphatic heterocycles. The van der Waals surface area contributed by atoms with Crippen LogP contribution in [0.1, 0.15) is 41.6 Å². The van der Waals surface area contributed by atoms with Crippen molar-refractivity contribution in [1.82, 2.24) is 24.6 Å². The summed E-state index contributed by atoms with van der Waals surface area (Å²) < 4.78 is 1.86. The molecule has 4 heterocycles. The smallest absolute Gasteiger partial charge is 0.254 e. The highest BCUT2D eigenvalue weighted by atomic mass is 16.2. The Kier molecular flexibility index (Phi) is 5.13. The van der Waals surface area contributed by atoms with Gasteiger partial charge in [0.15, 0.2) is 5.65 Å². The lowest BCUT2D eigenvalue weighted by Gasteiger charge is -2.32. The molecule has 0 unspecified atom stereocenters. The Bertz CT molecular complexity index is 1480. The van der Waals surface area contributed by atoms with Crippen molar-refractivity contribution in [3.05, 3.63) is 84.2 Å². The Hall–Kier alpha value is -3.93. The number of carbonyl (C=O) groups excluding carboxylic acids is 1. The van der Waals surface area contributed by atoms with Crippen LogP contribution in [0.15, 0.2) is 73.1 Å². The van der Waals surface area contributed by atoms with Crippen LogP contribution in [0.2, 0.25) is 0 Å². The Morgan fingerprint density at radius 3 is 2.59 bits per heavy atom. The molecule has 3 aromatic heterocycles. The monoisotopic (exact) mass is 449 g/mol. The number of H-pyrrole nitrogens is 1. The van der Waals surface area contributed by atoms with Crippen molar-refractivity contribution in [2.45, 2.75) is 32.2 Å². The van der Waals surface area contributed by atoms with Crippen LogP contribution in [0.5, 0.6) is 0 Å². The molecule has 6 rings (SSSR count). The fourth-order valence-corrected chi connectivity index (χ4v) is 5.21. The molecule has 0 aliphatic carbocycles. The van der Waals surface area contributed by atoms with Crippen LogP contribution in [0, 0.1) is 0 Å². The maximum atomic E-state index is 13.8. The average molecular weight is 450 g/mol. The SMILES string of the molecule is CCn1ncc2c(C(=O)N3CCC(c4c[nH]c5ccccc45)CC3)cc(-c3ccccc3)nc21. The molecule has 170 valence electrons. The predicted molar refractivity (Wildman–Crippen MR) is 135 cm³/mol. The van der Waals surface area contributed by atoms with Gasteiger partial charge in [-0.3, -0.25) is 4.79 Å². The van der Waals surface area contributed by atoms with Gasteiger partial charge in [-0.1, -0.05) is 48.5 Å². The molecular weight excluding hydrogens is 422 g/mol. The number of aromatic nitrogens is 4. The number of para-hydroxylation sites is 1. The third kappa shape index (κ3) is 3.46. The minimum atomic E-state index is 0.0672. The van der Waals surface area contributed by atoms with E-state index in [1.54, 1.807) is 6.20 Å². The van der Waals surface area contributed by atoms with Gasteiger partial charge in [-0.05, 0) is 43.4 Å². The minimum absolute atomic E-state index is 0.0672. The summed E-state index contributed by atoms with van der Waals surface area (Å²) in [4.78, 5) is 24.0. The van der Waals surface area contributed by atoms with E-state index in [1.165, 1.54) is 16.5 Å². The zero-order chi connectivity index (χ0) is 23.1. The van der Waals surface area contributed by atoms with Gasteiger partial charge in [0.1, 0.15) is 0 Å². The molecular formula is C28H27N5O. The summed E-state index contributed by atoms with van der Waals surface area (Å²) in [5, 5.41) is 6.61. The average Bonchev–Trinajstić information content (AvgIpc) is 3.52. The number of nitrogens with zero attached hydrogens (tertiary/aromatic N) is 4. The number of piperidine rings is 1. The van der Waals surface area contributed by atoms with Gasteiger partial charge in [0, 0.05) is 42.3 Å². The molecule has 5 aromatic rings. The van der Waals surface area contributed by atoms with Crippen LogP contribution in [0.25, 0.3) is 33.2 Å². The van der Waals surface area contributed by atoms with Crippen LogP contribution in [-0.2, 0) is 6.54 Å². The summed E-state index contributed by atoms with van der Waals surface area (Å²) >= 11 is 0. The number of rotatable bonds is 4. The number of hydrogen-bond donors (Lipinski definition) is 1. The minimum Gasteiger partial charge on any atom is -0.361 e. The number of hydrogen-bond acceptors (Lipinski definition) is 3. The quantitative estimate of drug-likeness (QED) is 0.387. The number of benzene rings is 2. The maximum absolute atomic E-state index is 13.8. The molecule has 1 fully saturated rings. The van der Waals surface area contributed by atoms with E-state index in [9.17, 15) is 4.79 Å². The van der Waals surface area contributed by atoms with Gasteiger partial charge in [-0.2, -0.15) is 5.10 Å². The van der Waals surface area contributed by atoms with Crippen molar-refractivity contribution in [1.29, 1.82) is 0 Å². The van der Waals surface area contributed by atoms with Gasteiger partial charge < -0.3 is 9.88 Å². The van der Waals surface area contributed by atoms with E-state index < -0.39 is 0 Å². The first kappa shape index (κ1) is 20.7. The summed E-state index contributed by atoms with van der Waals surface area (Å²) in [7, 11) is 0. The Morgan fingerprint density at radius 2 is 1.79 bits per heavy atom. The molecule has 6 heteroatoms. The van der Waals surface area contributed by atoms with Gasteiger partial charge >= 0.3 is 0 Å². The summed E-state index contributed by atoms with van der Waals surface area (Å²) in [6, 6.07) is 20.4. The van der Waals surface area contributed by atoms with Crippen LogP contribution in [0.4, 0.5) is 0 Å². The molecule has 0 radical (unpaired) electrons. The lowest BCUT2D eigenvalue weighted by Crippen LogP contribution is -2.38. The number of fused-ring (bicyclic) bond motifs is 2. The van der Waals surface area contributed by atoms with E-state index in [-0.39, 0.29) is 5.91 Å². The summed E-state index contributed by atoms with van der Waals surface area (Å²) in [6.45, 7) is 4.24. The topological polar surface area (TPSA) is 66.8 Å². The van der Waals surface area contributed by atoms with E-state index in [1.807, 2.05) is 52.9 Å². The van der Waals surface area contributed by atoms with E-state index in [0.717, 1.165) is 48.2 Å². The molecule has 0 saturated carbocycles. The Labute approximate surface area is 198 Å². The predicted octanol–water partition coefficient (Wildman–Crippen LogP) is 5.62. The van der Waals surface area contributed by atoms with Crippen molar-refractivity contribution in [3.8, 4) is 11.3 Å². The van der Waals surface area contributed by atoms with Gasteiger partial charge in [0.2, 0.25) is 0 Å². The number of nitrogens with one attached hydrogen (secondary N) is 1. The van der Waals surface area contributed by atoms with Crippen LogP contribution in [-0.4, -0.2) is 43.6 Å². The van der Waals surface area contributed by atoms with Crippen LogP contribution < -0.4 is 0 Å². The highest BCUT2D eigenvalue weighted by molar-refractivity contribution is 6.06. The molecule has 1 aliphatic rings. The highest BCUT2D eigenvalue weighted by Gasteiger charge is 2.28. The summed E-state index contributed by atoms with van der Waals surface area (Å²) in [6.07, 6.45) is 5.85. The van der Waals surface area contributed by atoms with Crippen molar-refractivity contribution in [2.24, 2.45) is 0 Å². The van der Waals surface area contributed by atoms with Gasteiger partial charge in [0.25, 0.3) is 5.91 Å². The zero-order valence-electron chi connectivity index (χ0n) is 19.2. The van der Waals surface area contributed by atoms with Gasteiger partial charge in [0.05, 0.1) is 22.8 Å². The normalized spacial score (nSPS) is 14.8. The second kappa shape index (κ2) is 8.45. The molecule has 6 nitrogen and oxygen atoms in total. The lowest BCUT2D eigenvalue weighted by molar-refractivity contribution is 0.0715. The molecule has 34 heavy (non-hydrogen) atoms. The third-order valence-electron chi connectivity index (χ3n) is 7.05. The Balaban J connectivity index is 1.30. The molecule has 2 aromatic carbocycles. The second-order valence-electron chi connectivity index (χ2n) is 8.97. The van der Waals surface area contributed by atoms with E-state index in [0.29, 0.717) is 18.0 Å². The number of likely N-dealkylation sites (tertiary alicyclic amines) is 1. The first-order chi connectivity index (χ1) is 16.7. The lowest BCUT2D eigenvalue weighted by atomic mass is 9.89. The Morgan fingerprint density at radius 1 is 1.03 bits per heavy atom. The van der Waals surface area contributed by atoms with Crippen molar-refractivity contribution >= 4 is 27.8 Å². The molecule has 0 spiro atoms. The number of amides is 1. The summed E-state index contributed by atoms with van der Waals surface area (Å²) in [5.41, 5.74) is 5.80. The molecule has 1 N–H and O–H groups in total. The zero-order valence-corrected chi connectivity index (χ0v) is 19.2. The second-order valence-corrected chi connectivity index (χ2v) is 8.97. The number of aromatic amines is 1. The number of pyridine rings is 1. The fourth-order valence-electron chi connectivity index (χ4n) is 5.21. The van der Waals surface area contributed by atoms with E-state index >= 15 is 0 Å². The van der Waals surface area contributed by atoms with E-state index in [2.05, 4.69) is 40.5 Å².